The second-order valence-electron chi connectivity index (χ2n) is 6.82. The van der Waals surface area contributed by atoms with Crippen molar-refractivity contribution >= 4 is 22.8 Å². The molecular formula is C19H23ClN4O2. The lowest BCUT2D eigenvalue weighted by atomic mass is 10.1. The third-order valence-corrected chi connectivity index (χ3v) is 4.71. The Bertz CT molecular complexity index is 1050. The Morgan fingerprint density at radius 1 is 1.15 bits per heavy atom. The molecule has 0 atom stereocenters. The number of halogens is 1. The van der Waals surface area contributed by atoms with Gasteiger partial charge in [-0.2, -0.15) is 0 Å². The number of hydrogen-bond acceptors (Lipinski definition) is 3. The van der Waals surface area contributed by atoms with Crippen LogP contribution in [0.3, 0.4) is 0 Å². The van der Waals surface area contributed by atoms with Crippen molar-refractivity contribution < 1.29 is 0 Å². The Hall–Kier alpha value is -2.34. The fraction of sp³-hybridized carbons (Fsp3) is 0.421. The van der Waals surface area contributed by atoms with Gasteiger partial charge in [-0.25, -0.2) is 14.3 Å². The molecule has 0 N–H and O–H groups in total. The van der Waals surface area contributed by atoms with Gasteiger partial charge < -0.3 is 4.57 Å². The molecule has 0 unspecified atom stereocenters. The van der Waals surface area contributed by atoms with Gasteiger partial charge in [-0.05, 0) is 30.9 Å². The van der Waals surface area contributed by atoms with Crippen LogP contribution in [0.15, 0.2) is 40.2 Å². The van der Waals surface area contributed by atoms with Gasteiger partial charge in [-0.15, -0.1) is 0 Å². The number of imidazole rings is 1. The fourth-order valence-electron chi connectivity index (χ4n) is 3.02. The summed E-state index contributed by atoms with van der Waals surface area (Å²) in [6, 6.07) is 7.10. The van der Waals surface area contributed by atoms with Gasteiger partial charge in [0.25, 0.3) is 5.56 Å². The topological polar surface area (TPSA) is 61.8 Å². The smallest absolute Gasteiger partial charge is 0.325 e. The highest BCUT2D eigenvalue weighted by Gasteiger charge is 2.20. The molecule has 2 aromatic heterocycles. The summed E-state index contributed by atoms with van der Waals surface area (Å²) < 4.78 is 4.57. The zero-order valence-electron chi connectivity index (χ0n) is 15.3. The first-order valence-corrected chi connectivity index (χ1v) is 9.29. The minimum Gasteiger partial charge on any atom is -0.325 e. The van der Waals surface area contributed by atoms with Crippen LogP contribution < -0.4 is 11.2 Å². The van der Waals surface area contributed by atoms with Crippen molar-refractivity contribution in [2.45, 2.75) is 46.7 Å². The van der Waals surface area contributed by atoms with Gasteiger partial charge in [0.2, 0.25) is 0 Å². The van der Waals surface area contributed by atoms with Crippen molar-refractivity contribution in [1.82, 2.24) is 18.7 Å². The van der Waals surface area contributed by atoms with E-state index >= 15 is 0 Å². The maximum Gasteiger partial charge on any atom is 0.337 e. The minimum absolute atomic E-state index is 0.292. The predicted octanol–water partition coefficient (Wildman–Crippen LogP) is 3.46. The highest BCUT2D eigenvalue weighted by molar-refractivity contribution is 6.32. The maximum atomic E-state index is 13.2. The normalized spacial score (nSPS) is 11.6. The Labute approximate surface area is 156 Å². The Morgan fingerprint density at radius 2 is 1.88 bits per heavy atom. The standard InChI is InChI=1S/C19H23ClN4O2/c1-4-10-22-12-21-17-16(22)18(25)23(11-9-13(2)3)19(26)24(17)15-8-6-5-7-14(15)20/h5-8,12-13H,4,9-11H2,1-3H3. The summed E-state index contributed by atoms with van der Waals surface area (Å²) in [4.78, 5) is 30.6. The molecule has 2 heterocycles. The van der Waals surface area contributed by atoms with E-state index < -0.39 is 5.69 Å². The van der Waals surface area contributed by atoms with Gasteiger partial charge in [0, 0.05) is 13.1 Å². The number of rotatable bonds is 6. The van der Waals surface area contributed by atoms with Crippen LogP contribution in [0.5, 0.6) is 0 Å². The monoisotopic (exact) mass is 374 g/mol. The molecule has 7 heteroatoms. The van der Waals surface area contributed by atoms with Crippen LogP contribution in [-0.2, 0) is 13.1 Å². The molecule has 138 valence electrons. The van der Waals surface area contributed by atoms with Crippen LogP contribution in [0.4, 0.5) is 0 Å². The number of aromatic nitrogens is 4. The molecule has 6 nitrogen and oxygen atoms in total. The number of nitrogens with zero attached hydrogens (tertiary/aromatic N) is 4. The molecule has 0 amide bonds. The van der Waals surface area contributed by atoms with Crippen molar-refractivity contribution in [2.75, 3.05) is 0 Å². The van der Waals surface area contributed by atoms with E-state index in [-0.39, 0.29) is 5.56 Å². The van der Waals surface area contributed by atoms with Gasteiger partial charge in [-0.3, -0.25) is 9.36 Å². The van der Waals surface area contributed by atoms with E-state index in [1.807, 2.05) is 17.6 Å². The second-order valence-corrected chi connectivity index (χ2v) is 7.23. The fourth-order valence-corrected chi connectivity index (χ4v) is 3.25. The van der Waals surface area contributed by atoms with Gasteiger partial charge in [0.05, 0.1) is 17.0 Å². The first kappa shape index (κ1) is 18.5. The first-order chi connectivity index (χ1) is 12.5. The third-order valence-electron chi connectivity index (χ3n) is 4.39. The zero-order valence-corrected chi connectivity index (χ0v) is 16.0. The van der Waals surface area contributed by atoms with E-state index in [2.05, 4.69) is 18.8 Å². The van der Waals surface area contributed by atoms with Gasteiger partial charge >= 0.3 is 5.69 Å². The second kappa shape index (κ2) is 7.50. The lowest BCUT2D eigenvalue weighted by Gasteiger charge is -2.14. The van der Waals surface area contributed by atoms with E-state index in [1.54, 1.807) is 24.5 Å². The molecule has 0 saturated heterocycles. The predicted molar refractivity (Wildman–Crippen MR) is 104 cm³/mol. The number of hydrogen-bond donors (Lipinski definition) is 0. The lowest BCUT2D eigenvalue weighted by Crippen LogP contribution is -2.40. The third kappa shape index (κ3) is 3.21. The van der Waals surface area contributed by atoms with E-state index in [4.69, 9.17) is 11.6 Å². The minimum atomic E-state index is -0.405. The molecule has 0 bridgehead atoms. The molecular weight excluding hydrogens is 352 g/mol. The van der Waals surface area contributed by atoms with E-state index in [1.165, 1.54) is 9.13 Å². The van der Waals surface area contributed by atoms with Crippen LogP contribution >= 0.6 is 11.6 Å². The number of fused-ring (bicyclic) bond motifs is 1. The van der Waals surface area contributed by atoms with Crippen LogP contribution in [0.25, 0.3) is 16.9 Å². The summed E-state index contributed by atoms with van der Waals surface area (Å²) in [6.45, 7) is 7.20. The molecule has 0 aliphatic rings. The van der Waals surface area contributed by atoms with Crippen molar-refractivity contribution in [2.24, 2.45) is 5.92 Å². The first-order valence-electron chi connectivity index (χ1n) is 8.91. The molecule has 0 spiro atoms. The summed E-state index contributed by atoms with van der Waals surface area (Å²) >= 11 is 6.34. The Kier molecular flexibility index (Phi) is 5.32. The van der Waals surface area contributed by atoms with Crippen LogP contribution in [0, 0.1) is 5.92 Å². The van der Waals surface area contributed by atoms with Crippen molar-refractivity contribution in [3.8, 4) is 5.69 Å². The lowest BCUT2D eigenvalue weighted by molar-refractivity contribution is 0.491. The quantitative estimate of drug-likeness (QED) is 0.663. The van der Waals surface area contributed by atoms with Gasteiger partial charge in [-0.1, -0.05) is 44.5 Å². The zero-order chi connectivity index (χ0) is 18.8. The Morgan fingerprint density at radius 3 is 2.54 bits per heavy atom. The number of para-hydroxylation sites is 1. The average molecular weight is 375 g/mol. The summed E-state index contributed by atoms with van der Waals surface area (Å²) in [7, 11) is 0. The van der Waals surface area contributed by atoms with Crippen LogP contribution in [0.2, 0.25) is 5.02 Å². The SMILES string of the molecule is CCCn1cnc2c1c(=O)n(CCC(C)C)c(=O)n2-c1ccccc1Cl. The van der Waals surface area contributed by atoms with E-state index in [9.17, 15) is 9.59 Å². The highest BCUT2D eigenvalue weighted by Crippen LogP contribution is 2.21. The van der Waals surface area contributed by atoms with E-state index in [0.717, 1.165) is 12.8 Å². The highest BCUT2D eigenvalue weighted by atomic mass is 35.5. The molecule has 0 radical (unpaired) electrons. The van der Waals surface area contributed by atoms with Gasteiger partial charge in [0.1, 0.15) is 0 Å². The van der Waals surface area contributed by atoms with Crippen LogP contribution in [0.1, 0.15) is 33.6 Å². The van der Waals surface area contributed by atoms with Crippen molar-refractivity contribution in [3.05, 3.63) is 56.5 Å². The molecule has 26 heavy (non-hydrogen) atoms. The summed E-state index contributed by atoms with van der Waals surface area (Å²) in [5.74, 6) is 0.381. The van der Waals surface area contributed by atoms with Crippen molar-refractivity contribution in [3.63, 3.8) is 0 Å². The number of benzene rings is 1. The summed E-state index contributed by atoms with van der Waals surface area (Å²) in [5.41, 5.74) is 0.625. The van der Waals surface area contributed by atoms with Crippen LogP contribution in [-0.4, -0.2) is 18.7 Å². The molecule has 3 aromatic rings. The molecule has 0 saturated carbocycles. The Balaban J connectivity index is 2.37. The summed E-state index contributed by atoms with van der Waals surface area (Å²) in [6.07, 6.45) is 3.22. The molecule has 0 fully saturated rings. The van der Waals surface area contributed by atoms with Gasteiger partial charge in [0.15, 0.2) is 11.2 Å². The summed E-state index contributed by atoms with van der Waals surface area (Å²) in [5, 5.41) is 0.440. The largest absolute Gasteiger partial charge is 0.337 e. The number of aryl methyl sites for hydroxylation is 1. The molecule has 1 aromatic carbocycles. The maximum absolute atomic E-state index is 13.2. The molecule has 0 aliphatic heterocycles. The van der Waals surface area contributed by atoms with Crippen molar-refractivity contribution in [1.29, 1.82) is 0 Å². The molecule has 3 rings (SSSR count). The molecule has 0 aliphatic carbocycles. The van der Waals surface area contributed by atoms with E-state index in [0.29, 0.717) is 40.9 Å². The average Bonchev–Trinajstić information content (AvgIpc) is 3.00.